The van der Waals surface area contributed by atoms with Gasteiger partial charge in [0.15, 0.2) is 0 Å². The Morgan fingerprint density at radius 1 is 0.419 bits per heavy atom. The van der Waals surface area contributed by atoms with Crippen LogP contribution in [0.4, 0.5) is 0 Å². The van der Waals surface area contributed by atoms with Crippen LogP contribution in [0.1, 0.15) is 154 Å². The van der Waals surface area contributed by atoms with Crippen molar-refractivity contribution in [1.29, 1.82) is 0 Å². The zero-order chi connectivity index (χ0) is 22.8. The molecule has 1 N–H and O–H groups in total. The second-order valence-corrected chi connectivity index (χ2v) is 10.4. The van der Waals surface area contributed by atoms with Crippen molar-refractivity contribution in [3.8, 4) is 0 Å². The van der Waals surface area contributed by atoms with Gasteiger partial charge in [-0.2, -0.15) is 0 Å². The van der Waals surface area contributed by atoms with Gasteiger partial charge in [0.25, 0.3) is 0 Å². The molecular weight excluding hydrogens is 499 g/mol. The first-order valence-electron chi connectivity index (χ1n) is 13.5. The number of unbranched alkanes of at least 4 members (excludes halogenated alkanes) is 22. The number of carboxylic acids is 1. The third-order valence-corrected chi connectivity index (χ3v) is 7.04. The molecule has 0 fully saturated rings. The van der Waals surface area contributed by atoms with Gasteiger partial charge in [-0.25, -0.2) is 4.79 Å². The van der Waals surface area contributed by atoms with Gasteiger partial charge < -0.3 is 5.11 Å². The van der Waals surface area contributed by atoms with Gasteiger partial charge >= 0.3 is 5.97 Å². The van der Waals surface area contributed by atoms with Crippen LogP contribution in [0.5, 0.6) is 0 Å². The van der Waals surface area contributed by atoms with E-state index in [9.17, 15) is 9.59 Å². The number of halogens is 1. The molecule has 0 aliphatic heterocycles. The molecule has 0 radical (unpaired) electrons. The lowest BCUT2D eigenvalue weighted by Gasteiger charge is -2.04. The molecule has 0 aliphatic carbocycles. The second-order valence-electron chi connectivity index (χ2n) is 9.30. The molecule has 0 saturated heterocycles. The SMILES string of the molecule is O=C(O)C(=O)CCCCCCCCCCCCCCCCCCCCCCCCCI. The molecule has 0 unspecified atom stereocenters. The molecule has 0 aromatic heterocycles. The zero-order valence-corrected chi connectivity index (χ0v) is 22.5. The van der Waals surface area contributed by atoms with Crippen LogP contribution in [0.15, 0.2) is 0 Å². The molecule has 4 heteroatoms. The van der Waals surface area contributed by atoms with Crippen LogP contribution < -0.4 is 0 Å². The van der Waals surface area contributed by atoms with E-state index in [1.807, 2.05) is 0 Å². The van der Waals surface area contributed by atoms with Crippen LogP contribution in [-0.4, -0.2) is 21.3 Å². The van der Waals surface area contributed by atoms with Gasteiger partial charge in [0.05, 0.1) is 0 Å². The summed E-state index contributed by atoms with van der Waals surface area (Å²) in [5, 5.41) is 8.52. The molecule has 0 atom stereocenters. The van der Waals surface area contributed by atoms with Crippen molar-refractivity contribution >= 4 is 34.3 Å². The first kappa shape index (κ1) is 30.9. The Kier molecular flexibility index (Phi) is 26.0. The highest BCUT2D eigenvalue weighted by molar-refractivity contribution is 14.1. The number of aliphatic carboxylic acids is 1. The van der Waals surface area contributed by atoms with E-state index in [2.05, 4.69) is 22.6 Å². The number of hydrogen-bond donors (Lipinski definition) is 1. The van der Waals surface area contributed by atoms with E-state index in [0.717, 1.165) is 19.3 Å². The standard InChI is InChI=1S/C27H51IO3/c28-25-23-21-19-17-15-13-11-9-7-5-3-1-2-4-6-8-10-12-14-16-18-20-22-24-26(29)27(30)31/h1-25H2,(H,30,31). The first-order valence-corrected chi connectivity index (χ1v) is 15.0. The Bertz CT molecular complexity index is 398. The fourth-order valence-corrected chi connectivity index (χ4v) is 4.74. The molecule has 184 valence electrons. The van der Waals surface area contributed by atoms with Gasteiger partial charge in [0.1, 0.15) is 0 Å². The predicted octanol–water partition coefficient (Wildman–Crippen LogP) is 9.44. The molecule has 31 heavy (non-hydrogen) atoms. The maximum absolute atomic E-state index is 11.0. The van der Waals surface area contributed by atoms with Crippen LogP contribution >= 0.6 is 22.6 Å². The van der Waals surface area contributed by atoms with E-state index in [4.69, 9.17) is 5.11 Å². The largest absolute Gasteiger partial charge is 0.476 e. The van der Waals surface area contributed by atoms with Gasteiger partial charge in [0.2, 0.25) is 5.78 Å². The molecule has 3 nitrogen and oxygen atoms in total. The molecule has 0 aromatic rings. The minimum absolute atomic E-state index is 0.203. The topological polar surface area (TPSA) is 54.4 Å². The maximum Gasteiger partial charge on any atom is 0.372 e. The average molecular weight is 551 g/mol. The highest BCUT2D eigenvalue weighted by Crippen LogP contribution is 2.15. The molecule has 0 spiro atoms. The number of carboxylic acid groups (broad SMARTS) is 1. The second kappa shape index (κ2) is 26.1. The minimum atomic E-state index is -1.28. The Labute approximate surface area is 207 Å². The summed E-state index contributed by atoms with van der Waals surface area (Å²) in [4.78, 5) is 21.4. The number of hydrogen-bond acceptors (Lipinski definition) is 2. The van der Waals surface area contributed by atoms with Crippen molar-refractivity contribution < 1.29 is 14.7 Å². The van der Waals surface area contributed by atoms with Crippen molar-refractivity contribution in [2.45, 2.75) is 154 Å². The lowest BCUT2D eigenvalue weighted by atomic mass is 10.0. The molecule has 0 bridgehead atoms. The summed E-state index contributed by atoms with van der Waals surface area (Å²) in [7, 11) is 0. The molecule has 0 saturated carbocycles. The minimum Gasteiger partial charge on any atom is -0.476 e. The monoisotopic (exact) mass is 550 g/mol. The third-order valence-electron chi connectivity index (χ3n) is 6.28. The van der Waals surface area contributed by atoms with E-state index in [-0.39, 0.29) is 6.42 Å². The normalized spacial score (nSPS) is 11.1. The Morgan fingerprint density at radius 2 is 0.645 bits per heavy atom. The molecule has 0 heterocycles. The Hall–Kier alpha value is -0.130. The van der Waals surface area contributed by atoms with E-state index >= 15 is 0 Å². The Morgan fingerprint density at radius 3 is 0.871 bits per heavy atom. The van der Waals surface area contributed by atoms with E-state index in [1.54, 1.807) is 0 Å². The fourth-order valence-electron chi connectivity index (χ4n) is 4.20. The summed E-state index contributed by atoms with van der Waals surface area (Å²) in [6.45, 7) is 0. The summed E-state index contributed by atoms with van der Waals surface area (Å²) in [6.07, 6.45) is 31.2. The molecule has 0 amide bonds. The maximum atomic E-state index is 11.0. The highest BCUT2D eigenvalue weighted by Gasteiger charge is 2.09. The quantitative estimate of drug-likeness (QED) is 0.0505. The average Bonchev–Trinajstić information content (AvgIpc) is 2.76. The number of ketones is 1. The number of alkyl halides is 1. The van der Waals surface area contributed by atoms with E-state index in [0.29, 0.717) is 0 Å². The number of Topliss-reactive ketones (excluding diaryl/α,β-unsaturated/α-hetero) is 1. The summed E-state index contributed by atoms with van der Waals surface area (Å²) in [6, 6.07) is 0. The van der Waals surface area contributed by atoms with Crippen LogP contribution in [0.25, 0.3) is 0 Å². The number of rotatable bonds is 26. The van der Waals surface area contributed by atoms with Gasteiger partial charge in [-0.05, 0) is 17.3 Å². The van der Waals surface area contributed by atoms with Crippen LogP contribution in [-0.2, 0) is 9.59 Å². The third kappa shape index (κ3) is 26.0. The Balaban J connectivity index is 3.05. The van der Waals surface area contributed by atoms with Crippen LogP contribution in [0, 0.1) is 0 Å². The molecule has 0 aromatic carbocycles. The summed E-state index contributed by atoms with van der Waals surface area (Å²) < 4.78 is 1.32. The molecular formula is C27H51IO3. The molecule has 0 rings (SSSR count). The van der Waals surface area contributed by atoms with Crippen LogP contribution in [0.2, 0.25) is 0 Å². The fraction of sp³-hybridized carbons (Fsp3) is 0.926. The van der Waals surface area contributed by atoms with Gasteiger partial charge in [-0.15, -0.1) is 0 Å². The number of carbonyl (C=O) groups is 2. The van der Waals surface area contributed by atoms with Crippen molar-refractivity contribution in [2.24, 2.45) is 0 Å². The van der Waals surface area contributed by atoms with E-state index < -0.39 is 11.8 Å². The summed E-state index contributed by atoms with van der Waals surface area (Å²) in [5.74, 6) is -1.92. The van der Waals surface area contributed by atoms with Crippen molar-refractivity contribution in [1.82, 2.24) is 0 Å². The first-order chi connectivity index (χ1) is 15.2. The van der Waals surface area contributed by atoms with Crippen molar-refractivity contribution in [3.05, 3.63) is 0 Å². The van der Waals surface area contributed by atoms with E-state index in [1.165, 1.54) is 133 Å². The van der Waals surface area contributed by atoms with Gasteiger partial charge in [-0.1, -0.05) is 157 Å². The van der Waals surface area contributed by atoms with Crippen LogP contribution in [0.3, 0.4) is 0 Å². The summed E-state index contributed by atoms with van der Waals surface area (Å²) >= 11 is 2.48. The number of carbonyl (C=O) groups excluding carboxylic acids is 1. The van der Waals surface area contributed by atoms with Gasteiger partial charge in [-0.3, -0.25) is 4.79 Å². The zero-order valence-electron chi connectivity index (χ0n) is 20.3. The van der Waals surface area contributed by atoms with Gasteiger partial charge in [0, 0.05) is 6.42 Å². The van der Waals surface area contributed by atoms with Crippen molar-refractivity contribution in [2.75, 3.05) is 4.43 Å². The van der Waals surface area contributed by atoms with Crippen molar-refractivity contribution in [3.63, 3.8) is 0 Å². The summed E-state index contributed by atoms with van der Waals surface area (Å²) in [5.41, 5.74) is 0. The smallest absolute Gasteiger partial charge is 0.372 e. The molecule has 0 aliphatic rings. The lowest BCUT2D eigenvalue weighted by Crippen LogP contribution is -2.11. The lowest BCUT2D eigenvalue weighted by molar-refractivity contribution is -0.149. The highest BCUT2D eigenvalue weighted by atomic mass is 127. The predicted molar refractivity (Wildman–Crippen MR) is 142 cm³/mol.